The summed E-state index contributed by atoms with van der Waals surface area (Å²) >= 11 is 5.92. The van der Waals surface area contributed by atoms with E-state index in [2.05, 4.69) is 0 Å². The molecule has 0 aromatic rings. The van der Waals surface area contributed by atoms with Gasteiger partial charge in [-0.1, -0.05) is 0 Å². The van der Waals surface area contributed by atoms with Crippen LogP contribution in [0, 0.1) is 11.3 Å². The zero-order chi connectivity index (χ0) is 11.8. The van der Waals surface area contributed by atoms with Crippen LogP contribution in [0.4, 0.5) is 0 Å². The highest BCUT2D eigenvalue weighted by atomic mass is 35.5. The van der Waals surface area contributed by atoms with Gasteiger partial charge in [-0.3, -0.25) is 4.79 Å². The summed E-state index contributed by atoms with van der Waals surface area (Å²) in [6.07, 6.45) is 4.79. The van der Waals surface area contributed by atoms with Gasteiger partial charge in [0.15, 0.2) is 0 Å². The lowest BCUT2D eigenvalue weighted by atomic mass is 9.85. The number of hydrogen-bond acceptors (Lipinski definition) is 2. The Balaban J connectivity index is 1.95. The van der Waals surface area contributed by atoms with Crippen molar-refractivity contribution in [3.05, 3.63) is 0 Å². The van der Waals surface area contributed by atoms with E-state index in [1.807, 2.05) is 4.90 Å². The molecule has 1 saturated heterocycles. The Morgan fingerprint density at radius 2 is 2.38 bits per heavy atom. The highest BCUT2D eigenvalue weighted by Gasteiger charge is 2.45. The molecule has 1 saturated carbocycles. The predicted molar refractivity (Wildman–Crippen MR) is 65.3 cm³/mol. The summed E-state index contributed by atoms with van der Waals surface area (Å²) < 4.78 is 0. The second-order valence-corrected chi connectivity index (χ2v) is 5.87. The van der Waals surface area contributed by atoms with Crippen molar-refractivity contribution in [2.75, 3.05) is 19.0 Å². The topological polar surface area (TPSA) is 46.3 Å². The number of nitrogens with zero attached hydrogens (tertiary/aromatic N) is 1. The van der Waals surface area contributed by atoms with Gasteiger partial charge < -0.3 is 10.6 Å². The third kappa shape index (κ3) is 2.21. The van der Waals surface area contributed by atoms with Crippen LogP contribution in [-0.2, 0) is 4.79 Å². The van der Waals surface area contributed by atoms with Gasteiger partial charge in [0, 0.05) is 19.0 Å². The number of carbonyl (C=O) groups is 1. The van der Waals surface area contributed by atoms with Crippen LogP contribution in [0.5, 0.6) is 0 Å². The molecule has 2 aliphatic rings. The van der Waals surface area contributed by atoms with Crippen LogP contribution in [0.15, 0.2) is 0 Å². The number of amides is 1. The molecule has 2 fully saturated rings. The first-order chi connectivity index (χ1) is 7.56. The van der Waals surface area contributed by atoms with Gasteiger partial charge >= 0.3 is 0 Å². The molecule has 1 spiro atoms. The minimum absolute atomic E-state index is 0.103. The number of nitrogens with two attached hydrogens (primary N) is 1. The van der Waals surface area contributed by atoms with Gasteiger partial charge in [-0.05, 0) is 43.9 Å². The first-order valence-corrected chi connectivity index (χ1v) is 6.70. The zero-order valence-electron chi connectivity index (χ0n) is 9.92. The van der Waals surface area contributed by atoms with Crippen LogP contribution in [-0.4, -0.2) is 35.8 Å². The fraction of sp³-hybridized carbons (Fsp3) is 0.917. The Morgan fingerprint density at radius 3 is 2.94 bits per heavy atom. The lowest BCUT2D eigenvalue weighted by Crippen LogP contribution is -2.41. The molecular weight excluding hydrogens is 224 g/mol. The summed E-state index contributed by atoms with van der Waals surface area (Å²) in [6.45, 7) is 3.56. The van der Waals surface area contributed by atoms with E-state index < -0.39 is 0 Å². The molecule has 2 N–H and O–H groups in total. The van der Waals surface area contributed by atoms with Crippen molar-refractivity contribution in [2.45, 2.75) is 38.6 Å². The van der Waals surface area contributed by atoms with Crippen molar-refractivity contribution >= 4 is 17.5 Å². The van der Waals surface area contributed by atoms with Crippen molar-refractivity contribution in [1.29, 1.82) is 0 Å². The highest BCUT2D eigenvalue weighted by molar-refractivity contribution is 6.18. The molecule has 3 unspecified atom stereocenters. The van der Waals surface area contributed by atoms with E-state index in [0.29, 0.717) is 11.3 Å². The Hall–Kier alpha value is -0.280. The average molecular weight is 245 g/mol. The van der Waals surface area contributed by atoms with Gasteiger partial charge in [-0.15, -0.1) is 11.6 Å². The van der Waals surface area contributed by atoms with E-state index in [9.17, 15) is 4.79 Å². The van der Waals surface area contributed by atoms with Crippen LogP contribution in [0.3, 0.4) is 0 Å². The lowest BCUT2D eigenvalue weighted by molar-refractivity contribution is -0.131. The van der Waals surface area contributed by atoms with Gasteiger partial charge in [-0.25, -0.2) is 0 Å². The standard InChI is InChI=1S/C12H21ClN2O/c1-9(14)11(16)15-5-4-12(8-15)3-2-10(6-12)7-13/h9-10H,2-8,14H2,1H3. The molecule has 1 amide bonds. The summed E-state index contributed by atoms with van der Waals surface area (Å²) in [5.74, 6) is 1.53. The average Bonchev–Trinajstić information content (AvgIpc) is 2.85. The Labute approximate surface area is 102 Å². The normalized spacial score (nSPS) is 35.9. The number of hydrogen-bond donors (Lipinski definition) is 1. The van der Waals surface area contributed by atoms with Gasteiger partial charge in [0.25, 0.3) is 0 Å². The lowest BCUT2D eigenvalue weighted by Gasteiger charge is -2.25. The summed E-state index contributed by atoms with van der Waals surface area (Å²) in [7, 11) is 0. The maximum absolute atomic E-state index is 11.8. The third-order valence-electron chi connectivity index (χ3n) is 4.16. The van der Waals surface area contributed by atoms with Crippen LogP contribution in [0.2, 0.25) is 0 Å². The van der Waals surface area contributed by atoms with Gasteiger partial charge in [0.1, 0.15) is 0 Å². The van der Waals surface area contributed by atoms with Crippen LogP contribution in [0.1, 0.15) is 32.6 Å². The summed E-state index contributed by atoms with van der Waals surface area (Å²) in [4.78, 5) is 13.8. The molecular formula is C12H21ClN2O. The molecule has 4 heteroatoms. The number of halogens is 1. The molecule has 3 atom stereocenters. The highest BCUT2D eigenvalue weighted by Crippen LogP contribution is 2.48. The van der Waals surface area contributed by atoms with Crippen molar-refractivity contribution in [1.82, 2.24) is 4.90 Å². The monoisotopic (exact) mass is 244 g/mol. The van der Waals surface area contributed by atoms with Crippen LogP contribution in [0.25, 0.3) is 0 Å². The van der Waals surface area contributed by atoms with E-state index in [1.54, 1.807) is 6.92 Å². The van der Waals surface area contributed by atoms with Gasteiger partial charge in [-0.2, -0.15) is 0 Å². The van der Waals surface area contributed by atoms with Crippen molar-refractivity contribution in [3.8, 4) is 0 Å². The third-order valence-corrected chi connectivity index (χ3v) is 4.60. The number of alkyl halides is 1. The van der Waals surface area contributed by atoms with E-state index in [1.165, 1.54) is 19.3 Å². The van der Waals surface area contributed by atoms with Crippen LogP contribution >= 0.6 is 11.6 Å². The summed E-state index contributed by atoms with van der Waals surface area (Å²) in [6, 6.07) is -0.361. The molecule has 0 aromatic carbocycles. The largest absolute Gasteiger partial charge is 0.341 e. The minimum atomic E-state index is -0.361. The SMILES string of the molecule is CC(N)C(=O)N1CCC2(CCC(CCl)C2)C1. The molecule has 1 aliphatic heterocycles. The number of carbonyl (C=O) groups excluding carboxylic acids is 1. The fourth-order valence-electron chi connectivity index (χ4n) is 3.24. The molecule has 0 bridgehead atoms. The molecule has 16 heavy (non-hydrogen) atoms. The van der Waals surface area contributed by atoms with Gasteiger partial charge in [0.05, 0.1) is 6.04 Å². The minimum Gasteiger partial charge on any atom is -0.341 e. The molecule has 0 aromatic heterocycles. The maximum atomic E-state index is 11.8. The Morgan fingerprint density at radius 1 is 1.62 bits per heavy atom. The van der Waals surface area contributed by atoms with E-state index in [-0.39, 0.29) is 11.9 Å². The molecule has 1 aliphatic carbocycles. The van der Waals surface area contributed by atoms with Crippen LogP contribution < -0.4 is 5.73 Å². The Bertz CT molecular complexity index is 282. The molecule has 92 valence electrons. The molecule has 2 rings (SSSR count). The van der Waals surface area contributed by atoms with E-state index in [0.717, 1.165) is 25.4 Å². The Kier molecular flexibility index (Phi) is 3.45. The van der Waals surface area contributed by atoms with Crippen molar-refractivity contribution in [2.24, 2.45) is 17.1 Å². The van der Waals surface area contributed by atoms with Crippen molar-refractivity contribution in [3.63, 3.8) is 0 Å². The zero-order valence-corrected chi connectivity index (χ0v) is 10.7. The fourth-order valence-corrected chi connectivity index (χ4v) is 3.50. The second-order valence-electron chi connectivity index (χ2n) is 5.56. The number of likely N-dealkylation sites (tertiary alicyclic amines) is 1. The first-order valence-electron chi connectivity index (χ1n) is 6.17. The molecule has 1 heterocycles. The van der Waals surface area contributed by atoms with Gasteiger partial charge in [0.2, 0.25) is 5.91 Å². The first kappa shape index (κ1) is 12.2. The smallest absolute Gasteiger partial charge is 0.239 e. The van der Waals surface area contributed by atoms with E-state index in [4.69, 9.17) is 17.3 Å². The maximum Gasteiger partial charge on any atom is 0.239 e. The predicted octanol–water partition coefficient (Wildman–Crippen LogP) is 1.59. The second kappa shape index (κ2) is 4.53. The molecule has 3 nitrogen and oxygen atoms in total. The number of rotatable bonds is 2. The summed E-state index contributed by atoms with van der Waals surface area (Å²) in [5, 5.41) is 0. The van der Waals surface area contributed by atoms with Crippen molar-refractivity contribution < 1.29 is 4.79 Å². The summed E-state index contributed by atoms with van der Waals surface area (Å²) in [5.41, 5.74) is 6.01. The molecule has 0 radical (unpaired) electrons. The quantitative estimate of drug-likeness (QED) is 0.750. The van der Waals surface area contributed by atoms with E-state index >= 15 is 0 Å².